The Morgan fingerprint density at radius 1 is 1.17 bits per heavy atom. The summed E-state index contributed by atoms with van der Waals surface area (Å²) in [6.07, 6.45) is 5.86. The predicted octanol–water partition coefficient (Wildman–Crippen LogP) is 4.37. The highest BCUT2D eigenvalue weighted by Gasteiger charge is 2.22. The van der Waals surface area contributed by atoms with Gasteiger partial charge in [-0.05, 0) is 74.6 Å². The molecule has 0 radical (unpaired) electrons. The number of hydrogen-bond donors (Lipinski definition) is 1. The zero-order valence-electron chi connectivity index (χ0n) is 16.5. The van der Waals surface area contributed by atoms with Gasteiger partial charge in [-0.1, -0.05) is 17.7 Å². The second-order valence-corrected chi connectivity index (χ2v) is 9.61. The van der Waals surface area contributed by atoms with Crippen LogP contribution in [0, 0.1) is 6.92 Å². The van der Waals surface area contributed by atoms with Crippen LogP contribution < -0.4 is 14.4 Å². The van der Waals surface area contributed by atoms with E-state index in [1.807, 2.05) is 19.1 Å². The summed E-state index contributed by atoms with van der Waals surface area (Å²) in [5.41, 5.74) is 1.75. The maximum Gasteiger partial charge on any atom is 0.245 e. The Bertz CT molecular complexity index is 971. The summed E-state index contributed by atoms with van der Waals surface area (Å²) in [6.45, 7) is 1.47. The molecule has 1 aliphatic carbocycles. The van der Waals surface area contributed by atoms with Crippen molar-refractivity contribution in [2.45, 2.75) is 38.7 Å². The zero-order chi connectivity index (χ0) is 21.0. The number of anilines is 2. The fraction of sp³-hybridized carbons (Fsp3) is 0.381. The van der Waals surface area contributed by atoms with Crippen molar-refractivity contribution in [1.82, 2.24) is 0 Å². The molecule has 0 saturated heterocycles. The van der Waals surface area contributed by atoms with Crippen molar-refractivity contribution in [3.05, 3.63) is 53.1 Å². The van der Waals surface area contributed by atoms with E-state index in [1.165, 1.54) is 12.8 Å². The van der Waals surface area contributed by atoms with Crippen LogP contribution in [0.4, 0.5) is 11.4 Å². The summed E-state index contributed by atoms with van der Waals surface area (Å²) in [4.78, 5) is 12.5. The largest absolute Gasteiger partial charge is 0.490 e. The van der Waals surface area contributed by atoms with Gasteiger partial charge in [0.05, 0.1) is 18.0 Å². The van der Waals surface area contributed by atoms with Gasteiger partial charge in [0, 0.05) is 10.7 Å². The highest BCUT2D eigenvalue weighted by molar-refractivity contribution is 7.92. The van der Waals surface area contributed by atoms with Crippen LogP contribution in [-0.4, -0.2) is 33.2 Å². The van der Waals surface area contributed by atoms with Crippen molar-refractivity contribution in [1.29, 1.82) is 0 Å². The first kappa shape index (κ1) is 21.5. The van der Waals surface area contributed by atoms with E-state index in [1.54, 1.807) is 30.3 Å². The maximum absolute atomic E-state index is 12.5. The van der Waals surface area contributed by atoms with Gasteiger partial charge in [-0.3, -0.25) is 9.10 Å². The highest BCUT2D eigenvalue weighted by Crippen LogP contribution is 2.26. The maximum atomic E-state index is 12.5. The molecule has 1 saturated carbocycles. The molecule has 0 aromatic heterocycles. The molecule has 1 N–H and O–H groups in total. The number of nitrogens with one attached hydrogen (secondary N) is 1. The van der Waals surface area contributed by atoms with Crippen molar-refractivity contribution in [3.8, 4) is 5.75 Å². The number of carbonyl (C=O) groups excluding carboxylic acids is 1. The molecule has 0 bridgehead atoms. The Hall–Kier alpha value is -2.25. The number of sulfonamides is 1. The van der Waals surface area contributed by atoms with E-state index >= 15 is 0 Å². The minimum Gasteiger partial charge on any atom is -0.490 e. The van der Waals surface area contributed by atoms with E-state index in [9.17, 15) is 13.2 Å². The van der Waals surface area contributed by atoms with Gasteiger partial charge in [0.15, 0.2) is 0 Å². The molecule has 8 heteroatoms. The lowest BCUT2D eigenvalue weighted by Crippen LogP contribution is -2.37. The summed E-state index contributed by atoms with van der Waals surface area (Å²) in [6, 6.07) is 12.0. The van der Waals surface area contributed by atoms with Crippen molar-refractivity contribution in [2.75, 3.05) is 22.4 Å². The molecule has 0 spiro atoms. The lowest BCUT2D eigenvalue weighted by Gasteiger charge is -2.22. The molecule has 1 amide bonds. The topological polar surface area (TPSA) is 75.7 Å². The predicted molar refractivity (Wildman–Crippen MR) is 116 cm³/mol. The molecule has 2 aromatic rings. The first-order valence-corrected chi connectivity index (χ1v) is 11.8. The van der Waals surface area contributed by atoms with E-state index in [2.05, 4.69) is 5.32 Å². The number of nitrogens with zero attached hydrogens (tertiary/aromatic N) is 1. The third-order valence-corrected chi connectivity index (χ3v) is 6.42. The average Bonchev–Trinajstić information content (AvgIpc) is 3.16. The fourth-order valence-corrected chi connectivity index (χ4v) is 4.31. The number of halogens is 1. The number of hydrogen-bond acceptors (Lipinski definition) is 4. The normalized spacial score (nSPS) is 14.6. The first-order valence-electron chi connectivity index (χ1n) is 9.53. The van der Waals surface area contributed by atoms with E-state index in [4.69, 9.17) is 16.3 Å². The summed E-state index contributed by atoms with van der Waals surface area (Å²) in [7, 11) is -3.66. The number of amides is 1. The molecule has 2 aromatic carbocycles. The van der Waals surface area contributed by atoms with Gasteiger partial charge >= 0.3 is 0 Å². The molecule has 1 fully saturated rings. The Labute approximate surface area is 176 Å². The number of aryl methyl sites for hydroxylation is 1. The monoisotopic (exact) mass is 436 g/mol. The van der Waals surface area contributed by atoms with Crippen LogP contribution in [0.15, 0.2) is 42.5 Å². The Morgan fingerprint density at radius 2 is 1.83 bits per heavy atom. The van der Waals surface area contributed by atoms with Crippen molar-refractivity contribution in [3.63, 3.8) is 0 Å². The molecule has 29 heavy (non-hydrogen) atoms. The molecule has 3 rings (SSSR count). The first-order chi connectivity index (χ1) is 13.7. The van der Waals surface area contributed by atoms with Crippen LogP contribution in [0.2, 0.25) is 5.02 Å². The average molecular weight is 437 g/mol. The van der Waals surface area contributed by atoms with Crippen LogP contribution >= 0.6 is 11.6 Å². The molecule has 0 heterocycles. The Kier molecular flexibility index (Phi) is 6.70. The fourth-order valence-electron chi connectivity index (χ4n) is 3.28. The van der Waals surface area contributed by atoms with E-state index < -0.39 is 15.9 Å². The molecular weight excluding hydrogens is 412 g/mol. The minimum absolute atomic E-state index is 0.264. The molecule has 0 unspecified atom stereocenters. The van der Waals surface area contributed by atoms with Crippen LogP contribution in [0.1, 0.15) is 31.2 Å². The van der Waals surface area contributed by atoms with E-state index in [0.717, 1.165) is 34.7 Å². The zero-order valence-corrected chi connectivity index (χ0v) is 18.1. The summed E-state index contributed by atoms with van der Waals surface area (Å²) in [5.74, 6) is 0.318. The lowest BCUT2D eigenvalue weighted by atomic mass is 10.2. The van der Waals surface area contributed by atoms with Crippen LogP contribution in [0.3, 0.4) is 0 Å². The molecule has 6 nitrogen and oxygen atoms in total. The number of benzene rings is 2. The number of carbonyl (C=O) groups is 1. The summed E-state index contributed by atoms with van der Waals surface area (Å²) >= 11 is 6.12. The van der Waals surface area contributed by atoms with Crippen molar-refractivity contribution >= 4 is 38.9 Å². The van der Waals surface area contributed by atoms with Gasteiger partial charge in [-0.15, -0.1) is 0 Å². The van der Waals surface area contributed by atoms with Gasteiger partial charge in [0.1, 0.15) is 12.3 Å². The van der Waals surface area contributed by atoms with Gasteiger partial charge in [-0.2, -0.15) is 0 Å². The second kappa shape index (κ2) is 9.05. The van der Waals surface area contributed by atoms with Gasteiger partial charge in [0.2, 0.25) is 15.9 Å². The van der Waals surface area contributed by atoms with Crippen molar-refractivity contribution < 1.29 is 17.9 Å². The lowest BCUT2D eigenvalue weighted by molar-refractivity contribution is -0.114. The third kappa shape index (κ3) is 5.87. The van der Waals surface area contributed by atoms with E-state index in [0.29, 0.717) is 16.4 Å². The standard InChI is InChI=1S/C21H25ClN2O4S/c1-15-7-10-17(13-20(15)22)24(29(2,26)27)14-21(25)23-16-8-11-19(12-9-16)28-18-5-3-4-6-18/h7-13,18H,3-6,14H2,1-2H3,(H,23,25). The van der Waals surface area contributed by atoms with Crippen molar-refractivity contribution in [2.24, 2.45) is 0 Å². The third-order valence-electron chi connectivity index (χ3n) is 4.87. The molecule has 1 aliphatic rings. The Balaban J connectivity index is 1.66. The smallest absolute Gasteiger partial charge is 0.245 e. The SMILES string of the molecule is Cc1ccc(N(CC(=O)Nc2ccc(OC3CCCC3)cc2)S(C)(=O)=O)cc1Cl. The Morgan fingerprint density at radius 3 is 2.41 bits per heavy atom. The highest BCUT2D eigenvalue weighted by atomic mass is 35.5. The van der Waals surface area contributed by atoms with E-state index in [-0.39, 0.29) is 12.6 Å². The summed E-state index contributed by atoms with van der Waals surface area (Å²) < 4.78 is 31.4. The minimum atomic E-state index is -3.66. The number of rotatable bonds is 7. The molecular formula is C21H25ClN2O4S. The van der Waals surface area contributed by atoms with Gasteiger partial charge in [-0.25, -0.2) is 8.42 Å². The quantitative estimate of drug-likeness (QED) is 0.699. The second-order valence-electron chi connectivity index (χ2n) is 7.30. The van der Waals surface area contributed by atoms with Crippen LogP contribution in [-0.2, 0) is 14.8 Å². The molecule has 156 valence electrons. The van der Waals surface area contributed by atoms with Crippen LogP contribution in [0.5, 0.6) is 5.75 Å². The summed E-state index contributed by atoms with van der Waals surface area (Å²) in [5, 5.41) is 3.17. The van der Waals surface area contributed by atoms with Gasteiger partial charge in [0.25, 0.3) is 0 Å². The van der Waals surface area contributed by atoms with Crippen LogP contribution in [0.25, 0.3) is 0 Å². The molecule has 0 atom stereocenters. The molecule has 0 aliphatic heterocycles. The van der Waals surface area contributed by atoms with Gasteiger partial charge < -0.3 is 10.1 Å². The number of ether oxygens (including phenoxy) is 1.